The lowest BCUT2D eigenvalue weighted by molar-refractivity contribution is 0.293. The van der Waals surface area contributed by atoms with Crippen LogP contribution in [0.15, 0.2) is 53.5 Å². The van der Waals surface area contributed by atoms with Crippen LogP contribution in [0, 0.1) is 5.82 Å². The first-order valence-corrected chi connectivity index (χ1v) is 9.09. The summed E-state index contributed by atoms with van der Waals surface area (Å²) in [6.07, 6.45) is 0. The number of methoxy groups -OCH3 is 1. The van der Waals surface area contributed by atoms with Gasteiger partial charge in [-0.2, -0.15) is 0 Å². The average Bonchev–Trinajstić information content (AvgIpc) is 2.63. The number of aliphatic imine (C=N–C) groups is 1. The maximum atomic E-state index is 14.9. The number of nitrogens with zero attached hydrogens (tertiary/aromatic N) is 2. The van der Waals surface area contributed by atoms with Crippen molar-refractivity contribution in [3.05, 3.63) is 71.2 Å². The molecular formula is C23H23FN2O. The van der Waals surface area contributed by atoms with Gasteiger partial charge in [0.15, 0.2) is 0 Å². The third kappa shape index (κ3) is 2.54. The first-order valence-electron chi connectivity index (χ1n) is 9.09. The Bertz CT molecular complexity index is 1080. The highest BCUT2D eigenvalue weighted by molar-refractivity contribution is 6.15. The monoisotopic (exact) mass is 362 g/mol. The van der Waals surface area contributed by atoms with E-state index in [1.54, 1.807) is 13.2 Å². The van der Waals surface area contributed by atoms with Crippen LogP contribution in [0.1, 0.15) is 44.5 Å². The Kier molecular flexibility index (Phi) is 3.84. The van der Waals surface area contributed by atoms with E-state index in [9.17, 15) is 4.39 Å². The fourth-order valence-corrected chi connectivity index (χ4v) is 3.77. The molecule has 0 amide bonds. The van der Waals surface area contributed by atoms with Gasteiger partial charge in [0.1, 0.15) is 11.6 Å². The predicted molar refractivity (Wildman–Crippen MR) is 107 cm³/mol. The summed E-state index contributed by atoms with van der Waals surface area (Å²) >= 11 is 0. The number of halogens is 1. The SMILES string of the molecule is COc1cc(C2=NC(C)(C)C(C)(C)c3c(F)cccc32)nc2ccccc12. The fraction of sp³-hybridized carbons (Fsp3) is 0.304. The number of hydrogen-bond acceptors (Lipinski definition) is 3. The number of ether oxygens (including phenoxy) is 1. The van der Waals surface area contributed by atoms with E-state index in [1.165, 1.54) is 6.07 Å². The summed E-state index contributed by atoms with van der Waals surface area (Å²) in [5.41, 5.74) is 2.78. The molecule has 2 heterocycles. The van der Waals surface area contributed by atoms with Crippen molar-refractivity contribution in [2.24, 2.45) is 4.99 Å². The van der Waals surface area contributed by atoms with Crippen LogP contribution >= 0.6 is 0 Å². The van der Waals surface area contributed by atoms with Gasteiger partial charge in [-0.1, -0.05) is 38.1 Å². The summed E-state index contributed by atoms with van der Waals surface area (Å²) < 4.78 is 20.5. The molecule has 0 saturated heterocycles. The molecule has 138 valence electrons. The third-order valence-corrected chi connectivity index (χ3v) is 5.96. The van der Waals surface area contributed by atoms with E-state index in [-0.39, 0.29) is 5.82 Å². The highest BCUT2D eigenvalue weighted by Crippen LogP contribution is 2.45. The largest absolute Gasteiger partial charge is 0.496 e. The van der Waals surface area contributed by atoms with Gasteiger partial charge in [-0.15, -0.1) is 0 Å². The maximum absolute atomic E-state index is 14.9. The zero-order chi connectivity index (χ0) is 19.4. The second-order valence-electron chi connectivity index (χ2n) is 8.03. The first-order chi connectivity index (χ1) is 12.8. The fourth-order valence-electron chi connectivity index (χ4n) is 3.77. The number of fused-ring (bicyclic) bond motifs is 2. The standard InChI is InChI=1S/C23H23FN2O/c1-22(2)20-15(10-8-11-16(20)24)21(26-23(22,3)4)18-13-19(27-5)14-9-6-7-12-17(14)25-18/h6-13H,1-5H3. The average molecular weight is 362 g/mol. The van der Waals surface area contributed by atoms with Gasteiger partial charge in [0.05, 0.1) is 29.6 Å². The van der Waals surface area contributed by atoms with Gasteiger partial charge < -0.3 is 4.74 Å². The van der Waals surface area contributed by atoms with E-state index in [0.717, 1.165) is 22.2 Å². The molecule has 0 unspecified atom stereocenters. The van der Waals surface area contributed by atoms with Gasteiger partial charge in [-0.3, -0.25) is 4.99 Å². The Balaban J connectivity index is 2.04. The lowest BCUT2D eigenvalue weighted by atomic mass is 9.65. The van der Waals surface area contributed by atoms with E-state index in [1.807, 2.05) is 64.1 Å². The Morgan fingerprint density at radius 1 is 0.963 bits per heavy atom. The zero-order valence-electron chi connectivity index (χ0n) is 16.3. The highest BCUT2D eigenvalue weighted by atomic mass is 19.1. The molecule has 1 aliphatic rings. The Morgan fingerprint density at radius 3 is 2.44 bits per heavy atom. The summed E-state index contributed by atoms with van der Waals surface area (Å²) in [6, 6.07) is 14.9. The Morgan fingerprint density at radius 2 is 1.70 bits per heavy atom. The van der Waals surface area contributed by atoms with Crippen molar-refractivity contribution in [3.8, 4) is 5.75 Å². The molecule has 2 aromatic carbocycles. The maximum Gasteiger partial charge on any atom is 0.130 e. The predicted octanol–water partition coefficient (Wildman–Crippen LogP) is 5.29. The van der Waals surface area contributed by atoms with Crippen LogP contribution < -0.4 is 4.74 Å². The normalized spacial score (nSPS) is 17.3. The van der Waals surface area contributed by atoms with Gasteiger partial charge in [0, 0.05) is 28.0 Å². The number of pyridine rings is 1. The minimum Gasteiger partial charge on any atom is -0.496 e. The minimum absolute atomic E-state index is 0.203. The molecule has 0 radical (unpaired) electrons. The molecule has 4 heteroatoms. The molecule has 3 nitrogen and oxygen atoms in total. The van der Waals surface area contributed by atoms with E-state index in [2.05, 4.69) is 0 Å². The first kappa shape index (κ1) is 17.7. The molecule has 0 atom stereocenters. The number of benzene rings is 2. The molecule has 0 aliphatic carbocycles. The van der Waals surface area contributed by atoms with Crippen LogP contribution in [-0.2, 0) is 5.41 Å². The van der Waals surface area contributed by atoms with Crippen LogP contribution in [0.3, 0.4) is 0 Å². The Labute approximate surface area is 158 Å². The number of hydrogen-bond donors (Lipinski definition) is 0. The van der Waals surface area contributed by atoms with Crippen molar-refractivity contribution in [3.63, 3.8) is 0 Å². The summed E-state index contributed by atoms with van der Waals surface area (Å²) in [5.74, 6) is 0.532. The lowest BCUT2D eigenvalue weighted by Gasteiger charge is -2.44. The van der Waals surface area contributed by atoms with E-state index >= 15 is 0 Å². The van der Waals surface area contributed by atoms with Gasteiger partial charge in [0.2, 0.25) is 0 Å². The van der Waals surface area contributed by atoms with Gasteiger partial charge in [-0.05, 0) is 32.0 Å². The van der Waals surface area contributed by atoms with Crippen molar-refractivity contribution >= 4 is 16.6 Å². The molecule has 1 aliphatic heterocycles. The van der Waals surface area contributed by atoms with Crippen LogP contribution in [-0.4, -0.2) is 23.3 Å². The number of para-hydroxylation sites is 1. The summed E-state index contributed by atoms with van der Waals surface area (Å²) in [5, 5.41) is 0.944. The van der Waals surface area contributed by atoms with E-state index in [0.29, 0.717) is 17.0 Å². The molecule has 1 aromatic heterocycles. The van der Waals surface area contributed by atoms with Gasteiger partial charge >= 0.3 is 0 Å². The molecule has 0 fully saturated rings. The van der Waals surface area contributed by atoms with Gasteiger partial charge in [0.25, 0.3) is 0 Å². The molecule has 0 bridgehead atoms. The summed E-state index contributed by atoms with van der Waals surface area (Å²) in [7, 11) is 1.65. The van der Waals surface area contributed by atoms with E-state index < -0.39 is 11.0 Å². The summed E-state index contributed by atoms with van der Waals surface area (Å²) in [6.45, 7) is 8.18. The number of rotatable bonds is 2. The molecule has 0 spiro atoms. The van der Waals surface area contributed by atoms with Crippen molar-refractivity contribution in [2.45, 2.75) is 38.6 Å². The van der Waals surface area contributed by atoms with Crippen molar-refractivity contribution in [1.82, 2.24) is 4.98 Å². The summed E-state index contributed by atoms with van der Waals surface area (Å²) in [4.78, 5) is 9.85. The molecule has 0 saturated carbocycles. The highest BCUT2D eigenvalue weighted by Gasteiger charge is 2.45. The van der Waals surface area contributed by atoms with Crippen LogP contribution in [0.2, 0.25) is 0 Å². The van der Waals surface area contributed by atoms with Crippen molar-refractivity contribution in [1.29, 1.82) is 0 Å². The van der Waals surface area contributed by atoms with Crippen LogP contribution in [0.5, 0.6) is 5.75 Å². The number of aromatic nitrogens is 1. The van der Waals surface area contributed by atoms with E-state index in [4.69, 9.17) is 14.7 Å². The second kappa shape index (κ2) is 5.88. The quantitative estimate of drug-likeness (QED) is 0.621. The molecule has 27 heavy (non-hydrogen) atoms. The molecule has 3 aromatic rings. The molecule has 0 N–H and O–H groups in total. The molecule has 4 rings (SSSR count). The van der Waals surface area contributed by atoms with Crippen LogP contribution in [0.4, 0.5) is 4.39 Å². The van der Waals surface area contributed by atoms with Gasteiger partial charge in [-0.25, -0.2) is 9.37 Å². The second-order valence-corrected chi connectivity index (χ2v) is 8.03. The third-order valence-electron chi connectivity index (χ3n) is 5.96. The van der Waals surface area contributed by atoms with Crippen molar-refractivity contribution < 1.29 is 9.13 Å². The van der Waals surface area contributed by atoms with Crippen molar-refractivity contribution in [2.75, 3.05) is 7.11 Å². The lowest BCUT2D eigenvalue weighted by Crippen LogP contribution is -2.46. The topological polar surface area (TPSA) is 34.5 Å². The zero-order valence-corrected chi connectivity index (χ0v) is 16.3. The smallest absolute Gasteiger partial charge is 0.130 e. The Hall–Kier alpha value is -2.75. The minimum atomic E-state index is -0.488. The molecular weight excluding hydrogens is 339 g/mol. The van der Waals surface area contributed by atoms with Crippen LogP contribution in [0.25, 0.3) is 10.9 Å².